The maximum atomic E-state index is 12.1. The normalized spacial score (nSPS) is 31.7. The van der Waals surface area contributed by atoms with Crippen LogP contribution in [-0.4, -0.2) is 5.91 Å². The first kappa shape index (κ1) is 10.8. The summed E-state index contributed by atoms with van der Waals surface area (Å²) in [4.78, 5) is 12.1. The van der Waals surface area contributed by atoms with Crippen LogP contribution in [0.1, 0.15) is 37.8 Å². The Morgan fingerprint density at radius 3 is 2.47 bits per heavy atom. The minimum Gasteiger partial charge on any atom is -0.349 e. The van der Waals surface area contributed by atoms with Gasteiger partial charge in [-0.05, 0) is 43.6 Å². The van der Waals surface area contributed by atoms with Gasteiger partial charge >= 0.3 is 0 Å². The lowest BCUT2D eigenvalue weighted by atomic mass is 10.0. The van der Waals surface area contributed by atoms with Gasteiger partial charge < -0.3 is 5.32 Å². The Morgan fingerprint density at radius 1 is 1.18 bits per heavy atom. The third-order valence-corrected chi connectivity index (χ3v) is 4.27. The predicted octanol–water partition coefficient (Wildman–Crippen LogP) is 2.91. The number of amides is 1. The van der Waals surface area contributed by atoms with Crippen LogP contribution in [-0.2, 0) is 4.79 Å². The molecule has 3 rings (SSSR count). The number of nitrogens with one attached hydrogen (secondary N) is 1. The first-order valence-electron chi connectivity index (χ1n) is 6.59. The lowest BCUT2D eigenvalue weighted by Crippen LogP contribution is -2.32. The van der Waals surface area contributed by atoms with Gasteiger partial charge in [0.2, 0.25) is 5.91 Å². The van der Waals surface area contributed by atoms with Crippen LogP contribution >= 0.6 is 0 Å². The van der Waals surface area contributed by atoms with E-state index in [1.807, 2.05) is 18.2 Å². The molecule has 2 nitrogen and oxygen atoms in total. The number of benzene rings is 1. The van der Waals surface area contributed by atoms with Crippen LogP contribution in [0.5, 0.6) is 0 Å². The molecule has 0 radical (unpaired) electrons. The summed E-state index contributed by atoms with van der Waals surface area (Å²) >= 11 is 0. The second kappa shape index (κ2) is 4.17. The van der Waals surface area contributed by atoms with Crippen LogP contribution in [0.4, 0.5) is 0 Å². The minimum absolute atomic E-state index is 0.126. The highest BCUT2D eigenvalue weighted by Gasteiger charge is 2.48. The van der Waals surface area contributed by atoms with Gasteiger partial charge in [-0.2, -0.15) is 0 Å². The standard InChI is InChI=1S/C15H19NO/c1-10(11-5-3-2-4-6-11)16-15(17)14-8-12-7-13(12)9-14/h2-6,10,12-14H,7-9H2,1H3,(H,16,17)/t10-,12?,13?,14?/m1/s1. The van der Waals surface area contributed by atoms with Gasteiger partial charge in [0.15, 0.2) is 0 Å². The van der Waals surface area contributed by atoms with Crippen molar-refractivity contribution in [3.05, 3.63) is 35.9 Å². The van der Waals surface area contributed by atoms with Crippen LogP contribution in [0.25, 0.3) is 0 Å². The van der Waals surface area contributed by atoms with Gasteiger partial charge in [-0.25, -0.2) is 0 Å². The Bertz CT molecular complexity index is 404. The largest absolute Gasteiger partial charge is 0.349 e. The molecule has 1 aromatic carbocycles. The number of carbonyl (C=O) groups excluding carboxylic acids is 1. The molecule has 0 bridgehead atoms. The molecule has 2 aliphatic rings. The Balaban J connectivity index is 1.57. The molecule has 1 aromatic rings. The zero-order valence-corrected chi connectivity index (χ0v) is 10.2. The first-order valence-corrected chi connectivity index (χ1v) is 6.59. The van der Waals surface area contributed by atoms with E-state index in [-0.39, 0.29) is 17.9 Å². The second-order valence-corrected chi connectivity index (χ2v) is 5.57. The van der Waals surface area contributed by atoms with Crippen molar-refractivity contribution >= 4 is 5.91 Å². The van der Waals surface area contributed by atoms with E-state index in [1.54, 1.807) is 0 Å². The van der Waals surface area contributed by atoms with E-state index in [0.717, 1.165) is 24.7 Å². The van der Waals surface area contributed by atoms with E-state index in [0.29, 0.717) is 0 Å². The molecule has 1 amide bonds. The molecule has 2 fully saturated rings. The molecule has 0 heterocycles. The van der Waals surface area contributed by atoms with E-state index in [9.17, 15) is 4.79 Å². The smallest absolute Gasteiger partial charge is 0.223 e. The highest BCUT2D eigenvalue weighted by molar-refractivity contribution is 5.79. The Hall–Kier alpha value is -1.31. The van der Waals surface area contributed by atoms with Crippen LogP contribution in [0.3, 0.4) is 0 Å². The third-order valence-electron chi connectivity index (χ3n) is 4.27. The fourth-order valence-electron chi connectivity index (χ4n) is 3.09. The number of hydrogen-bond acceptors (Lipinski definition) is 1. The van der Waals surface area contributed by atoms with Gasteiger partial charge in [-0.3, -0.25) is 4.79 Å². The van der Waals surface area contributed by atoms with E-state index in [2.05, 4.69) is 24.4 Å². The van der Waals surface area contributed by atoms with Gasteiger partial charge in [0.25, 0.3) is 0 Å². The molecular weight excluding hydrogens is 210 g/mol. The highest BCUT2D eigenvalue weighted by Crippen LogP contribution is 2.54. The number of rotatable bonds is 3. The summed E-state index contributed by atoms with van der Waals surface area (Å²) in [5.74, 6) is 2.29. The van der Waals surface area contributed by atoms with Crippen molar-refractivity contribution in [3.63, 3.8) is 0 Å². The summed E-state index contributed by atoms with van der Waals surface area (Å²) in [5.41, 5.74) is 1.18. The Morgan fingerprint density at radius 2 is 1.82 bits per heavy atom. The predicted molar refractivity (Wildman–Crippen MR) is 67.3 cm³/mol. The number of fused-ring (bicyclic) bond motifs is 1. The van der Waals surface area contributed by atoms with Crippen LogP contribution < -0.4 is 5.32 Å². The van der Waals surface area contributed by atoms with Gasteiger partial charge in [-0.15, -0.1) is 0 Å². The minimum atomic E-state index is 0.126. The average molecular weight is 229 g/mol. The molecule has 2 aliphatic carbocycles. The molecule has 0 aliphatic heterocycles. The quantitative estimate of drug-likeness (QED) is 0.848. The molecule has 0 aromatic heterocycles. The van der Waals surface area contributed by atoms with Crippen molar-refractivity contribution in [2.75, 3.05) is 0 Å². The Labute approximate surface area is 102 Å². The van der Waals surface area contributed by atoms with Crippen molar-refractivity contribution in [2.24, 2.45) is 17.8 Å². The maximum Gasteiger partial charge on any atom is 0.223 e. The summed E-state index contributed by atoms with van der Waals surface area (Å²) in [6.45, 7) is 2.06. The zero-order chi connectivity index (χ0) is 11.8. The summed E-state index contributed by atoms with van der Waals surface area (Å²) < 4.78 is 0. The molecule has 2 heteroatoms. The van der Waals surface area contributed by atoms with E-state index >= 15 is 0 Å². The fourth-order valence-corrected chi connectivity index (χ4v) is 3.09. The summed E-state index contributed by atoms with van der Waals surface area (Å²) in [6.07, 6.45) is 3.62. The summed E-state index contributed by atoms with van der Waals surface area (Å²) in [6, 6.07) is 10.3. The van der Waals surface area contributed by atoms with E-state index < -0.39 is 0 Å². The monoisotopic (exact) mass is 229 g/mol. The van der Waals surface area contributed by atoms with Crippen molar-refractivity contribution in [3.8, 4) is 0 Å². The van der Waals surface area contributed by atoms with Crippen molar-refractivity contribution in [1.82, 2.24) is 5.32 Å². The molecule has 0 saturated heterocycles. The van der Waals surface area contributed by atoms with Gasteiger partial charge in [-0.1, -0.05) is 30.3 Å². The van der Waals surface area contributed by atoms with Gasteiger partial charge in [0.1, 0.15) is 0 Å². The third kappa shape index (κ3) is 2.21. The molecule has 1 N–H and O–H groups in total. The Kier molecular flexibility index (Phi) is 2.65. The second-order valence-electron chi connectivity index (χ2n) is 5.57. The molecule has 3 atom stereocenters. The van der Waals surface area contributed by atoms with Crippen LogP contribution in [0.15, 0.2) is 30.3 Å². The SMILES string of the molecule is C[C@@H](NC(=O)C1CC2CC2C1)c1ccccc1. The van der Waals surface area contributed by atoms with Gasteiger partial charge in [0, 0.05) is 5.92 Å². The maximum absolute atomic E-state index is 12.1. The van der Waals surface area contributed by atoms with Crippen LogP contribution in [0.2, 0.25) is 0 Å². The summed E-state index contributed by atoms with van der Waals surface area (Å²) in [7, 11) is 0. The van der Waals surface area contributed by atoms with E-state index in [1.165, 1.54) is 12.0 Å². The first-order chi connectivity index (χ1) is 8.24. The highest BCUT2D eigenvalue weighted by atomic mass is 16.1. The van der Waals surface area contributed by atoms with Crippen LogP contribution in [0, 0.1) is 17.8 Å². The lowest BCUT2D eigenvalue weighted by molar-refractivity contribution is -0.125. The van der Waals surface area contributed by atoms with Crippen molar-refractivity contribution < 1.29 is 4.79 Å². The summed E-state index contributed by atoms with van der Waals surface area (Å²) in [5, 5.41) is 3.14. The lowest BCUT2D eigenvalue weighted by Gasteiger charge is -2.18. The zero-order valence-electron chi connectivity index (χ0n) is 10.2. The topological polar surface area (TPSA) is 29.1 Å². The number of carbonyl (C=O) groups is 1. The molecule has 90 valence electrons. The molecular formula is C15H19NO. The molecule has 17 heavy (non-hydrogen) atoms. The molecule has 2 saturated carbocycles. The number of hydrogen-bond donors (Lipinski definition) is 1. The van der Waals surface area contributed by atoms with Crippen molar-refractivity contribution in [1.29, 1.82) is 0 Å². The average Bonchev–Trinajstić information content (AvgIpc) is 2.97. The molecule has 0 spiro atoms. The molecule has 2 unspecified atom stereocenters. The van der Waals surface area contributed by atoms with Gasteiger partial charge in [0.05, 0.1) is 6.04 Å². The van der Waals surface area contributed by atoms with Crippen molar-refractivity contribution in [2.45, 2.75) is 32.2 Å². The fraction of sp³-hybridized carbons (Fsp3) is 0.533. The van der Waals surface area contributed by atoms with E-state index in [4.69, 9.17) is 0 Å².